The fraction of sp³-hybridized carbons (Fsp3) is 0.605. The van der Waals surface area contributed by atoms with E-state index in [1.807, 2.05) is 72.8 Å². The summed E-state index contributed by atoms with van der Waals surface area (Å²) >= 11 is 0. The topological polar surface area (TPSA) is 381 Å². The third-order valence-electron chi connectivity index (χ3n) is 21.7. The van der Waals surface area contributed by atoms with Gasteiger partial charge in [-0.25, -0.2) is 0 Å². The van der Waals surface area contributed by atoms with Crippen LogP contribution < -0.4 is 30.6 Å². The second-order valence-corrected chi connectivity index (χ2v) is 30.7. The number of ether oxygens (including phenoxy) is 13. The Hall–Kier alpha value is -8.19. The fourth-order valence-corrected chi connectivity index (χ4v) is 13.7. The highest BCUT2D eigenvalue weighted by Gasteiger charge is 2.59. The summed E-state index contributed by atoms with van der Waals surface area (Å²) < 4.78 is 103. The van der Waals surface area contributed by atoms with Gasteiger partial charge >= 0.3 is 11.9 Å². The molecule has 23 atom stereocenters. The van der Waals surface area contributed by atoms with E-state index in [4.69, 9.17) is 75.2 Å². The Kier molecular flexibility index (Phi) is 39.1. The van der Waals surface area contributed by atoms with Gasteiger partial charge in [-0.15, -0.1) is 6.58 Å². The molecule has 0 radical (unpaired) electrons. The van der Waals surface area contributed by atoms with Gasteiger partial charge in [0, 0.05) is 54.8 Å². The standard InChI is InChI=1S/C31H44N2O9.C22H32N2O4.C13H23NO.C11H16O5.C9H11NO4.H3P/c1-18(8-11-25-30(36)31(17-39-31)16-22(41-25)14-29(35)38-6)7-10-24-20(3)13-23(21(4)40-24)32-27(34)12-9-19(2)26-15-28(37-5)33-42-26;1-7-14(2)8-10-19-16(4)12-18(17(5)27-19)23-21(25)11-9-15(3)20-13-22(26-6)24-28-20;1-5-9(2)6-7-13-10(3)8-12(14)11(4)15-13;1-3-8-10(13)11(6-15-11)5-7(16-8)4-9(12)14-2;1-7(3-4-13-6-11)8-5-9(12-2)10-14-8;/h7-9,11-12,15,19-25,30,36H,10,13-14,16-17H2,1-6H3,(H,32,34);7-9,11,13,15-19H,1,10,12H2,2-6H3,(H,23,25);5-6,10-13H,1,7-8,14H2,2-4H3;3,7-8,10,13H,1,4-6H2,2H3;3-7H,1-2H3;1H3/b11-8+,12-9-,18-7+;11-9-,14-8+;9-6+;;4-3-;/t19?,20-,21+,22+,23+,24-,25+,30+,31+;15?,16-,17+,18+,19-;10-,11+,12+,13-;7-,8-,10-,11-;;/m0001../s1/i;;;;;1T3. The minimum Gasteiger partial charge on any atom is -0.479 e. The number of epoxide rings is 2. The summed E-state index contributed by atoms with van der Waals surface area (Å²) in [4.78, 5) is 57.7. The van der Waals surface area contributed by atoms with Crippen LogP contribution in [0.5, 0.6) is 17.6 Å². The SMILES string of the molecule is C=C/C(C)=C/C[C@@H]1O[C@H](C)[C@H](N)C[C@@H]1C.C=C/C(C)=C/C[C@@H]1O[C@H](C)[C@H](NC(=O)/C=C\C(C)c2cc(OC)no2)C[C@@H]1C.C=C[C@H]1O[C@H](CC(=O)OC)C[C@@]2(CO2)[C@@H]1O.COC(=O)C[C@@H]1C[C@@]2(CO2)[C@H](O)[C@@H](/C=C/C(C)=C/C[C@@H]2O[C@H](C)[C@H](NC(=O)/C=C\C(C)c3cc(OC)no3)C[C@@H]2C)O1.COc1cc(C(C)/C=C\OC=O)on1.[3H]P([3H])[3H]. The van der Waals surface area contributed by atoms with Gasteiger partial charge in [0.25, 0.3) is 24.1 Å². The van der Waals surface area contributed by atoms with Crippen LogP contribution in [0.4, 0.5) is 0 Å². The summed E-state index contributed by atoms with van der Waals surface area (Å²) in [5, 5.41) is 38.1. The summed E-state index contributed by atoms with van der Waals surface area (Å²) in [6, 6.07) is 5.18. The van der Waals surface area contributed by atoms with E-state index in [-0.39, 0.29) is 121 Å². The van der Waals surface area contributed by atoms with Gasteiger partial charge in [0.2, 0.25) is 11.8 Å². The zero-order valence-electron chi connectivity index (χ0n) is 73.5. The van der Waals surface area contributed by atoms with Gasteiger partial charge in [0.15, 0.2) is 0 Å². The summed E-state index contributed by atoms with van der Waals surface area (Å²) in [5.74, 6) is 3.10. The van der Waals surface area contributed by atoms with Crippen LogP contribution in [0.2, 0.25) is 0 Å². The molecule has 7 aliphatic rings. The molecule has 0 aliphatic carbocycles. The van der Waals surface area contributed by atoms with Gasteiger partial charge in [-0.3, -0.25) is 24.0 Å². The highest BCUT2D eigenvalue weighted by molar-refractivity contribution is 6.92. The highest BCUT2D eigenvalue weighted by atomic mass is 31.0. The Morgan fingerprint density at radius 2 is 0.957 bits per heavy atom. The lowest BCUT2D eigenvalue weighted by Crippen LogP contribution is -2.50. The molecule has 116 heavy (non-hydrogen) atoms. The molecule has 0 aromatic carbocycles. The number of aliphatic hydroxyl groups is 2. The molecule has 0 bridgehead atoms. The van der Waals surface area contributed by atoms with Crippen molar-refractivity contribution in [1.82, 2.24) is 26.1 Å². The molecule has 0 saturated carbocycles. The lowest BCUT2D eigenvalue weighted by atomic mass is 9.87. The summed E-state index contributed by atoms with van der Waals surface area (Å²) in [6.45, 7) is 36.8. The quantitative estimate of drug-likeness (QED) is 0.00476. The zero-order valence-corrected chi connectivity index (χ0v) is 71.4. The maximum atomic E-state index is 12.6. The number of carbonyl (C=O) groups excluding carboxylic acids is 5. The number of nitrogens with zero attached hydrogens (tertiary/aromatic N) is 3. The number of rotatable bonds is 30. The molecule has 2 amide bonds. The molecular weight excluding hydrogens is 1520 g/mol. The van der Waals surface area contributed by atoms with Gasteiger partial charge in [0.05, 0.1) is 133 Å². The van der Waals surface area contributed by atoms with Crippen LogP contribution in [0.1, 0.15) is 182 Å². The lowest BCUT2D eigenvalue weighted by Gasteiger charge is -2.39. The van der Waals surface area contributed by atoms with Crippen LogP contribution in [0.15, 0.2) is 153 Å². The Morgan fingerprint density at radius 3 is 1.32 bits per heavy atom. The van der Waals surface area contributed by atoms with E-state index in [1.165, 1.54) is 59.5 Å². The minimum absolute atomic E-state index is 0.00596. The molecule has 10 rings (SSSR count). The van der Waals surface area contributed by atoms with E-state index in [1.54, 1.807) is 42.5 Å². The Balaban J connectivity index is 0.000000281. The van der Waals surface area contributed by atoms with Crippen LogP contribution in [0.25, 0.3) is 0 Å². The monoisotopic (exact) mass is 1650 g/mol. The van der Waals surface area contributed by atoms with Crippen molar-refractivity contribution in [2.24, 2.45) is 23.5 Å². The summed E-state index contributed by atoms with van der Waals surface area (Å²) in [7, 11) is 5.39. The van der Waals surface area contributed by atoms with Crippen LogP contribution >= 0.6 is 9.73 Å². The summed E-state index contributed by atoms with van der Waals surface area (Å²) in [6.07, 6.45) is 28.9. The van der Waals surface area contributed by atoms with Crippen molar-refractivity contribution in [3.05, 3.63) is 157 Å². The van der Waals surface area contributed by atoms with Gasteiger partial charge < -0.3 is 102 Å². The smallest absolute Gasteiger partial charge is 0.308 e. The normalized spacial score (nSPS) is 31.3. The van der Waals surface area contributed by atoms with Crippen molar-refractivity contribution in [1.29, 1.82) is 3.84 Å². The average molecular weight is 1650 g/mol. The number of hydrogen-bond acceptors (Lipinski definition) is 27. The predicted molar refractivity (Wildman–Crippen MR) is 440 cm³/mol. The molecule has 6 N–H and O–H groups in total. The molecule has 3 aromatic heterocycles. The Labute approximate surface area is 691 Å². The number of allylic oxidation sites excluding steroid dienone is 9. The molecule has 29 nitrogen and oxygen atoms in total. The molecule has 7 fully saturated rings. The van der Waals surface area contributed by atoms with Crippen molar-refractivity contribution in [2.45, 2.75) is 268 Å². The highest BCUT2D eigenvalue weighted by Crippen LogP contribution is 2.45. The third kappa shape index (κ3) is 30.9. The number of esters is 2. The van der Waals surface area contributed by atoms with Gasteiger partial charge in [0.1, 0.15) is 52.9 Å². The van der Waals surface area contributed by atoms with E-state index in [2.05, 4.69) is 108 Å². The molecule has 7 aliphatic heterocycles. The minimum atomic E-state index is -1.87. The van der Waals surface area contributed by atoms with Crippen molar-refractivity contribution in [2.75, 3.05) is 48.8 Å². The second kappa shape index (κ2) is 48.6. The zero-order chi connectivity index (χ0) is 88.3. The van der Waals surface area contributed by atoms with E-state index in [0.29, 0.717) is 91.8 Å². The molecule has 2 spiro atoms. The number of hydrogen-bond donors (Lipinski definition) is 5. The maximum absolute atomic E-state index is 12.6. The number of methoxy groups -OCH3 is 5. The van der Waals surface area contributed by atoms with E-state index < -0.39 is 45.4 Å². The molecule has 7 saturated heterocycles. The average Bonchev–Trinajstić information content (AvgIpc) is 1.61. The number of nitrogens with one attached hydrogen (secondary N) is 2. The number of nitrogens with two attached hydrogens (primary N) is 1. The molecule has 3 unspecified atom stereocenters. The van der Waals surface area contributed by atoms with Gasteiger partial charge in [-0.2, -0.15) is 9.73 Å². The predicted octanol–water partition coefficient (Wildman–Crippen LogP) is 11.8. The first kappa shape index (κ1) is 93.3. The number of carbonyl (C=O) groups is 5. The Bertz CT molecular complexity index is 3870. The molecule has 10 heterocycles. The number of amides is 2. The summed E-state index contributed by atoms with van der Waals surface area (Å²) in [5.41, 5.74) is 8.16. The van der Waals surface area contributed by atoms with Crippen molar-refractivity contribution in [3.63, 3.8) is 0 Å². The Morgan fingerprint density at radius 1 is 0.586 bits per heavy atom. The fourth-order valence-electron chi connectivity index (χ4n) is 13.7. The first-order valence-corrected chi connectivity index (χ1v) is 39.4. The van der Waals surface area contributed by atoms with E-state index in [9.17, 15) is 34.2 Å². The molecule has 3 aromatic rings. The number of aliphatic hydroxyl groups excluding tert-OH is 2. The van der Waals surface area contributed by atoms with Crippen LogP contribution in [-0.2, 0) is 71.3 Å². The lowest BCUT2D eigenvalue weighted by molar-refractivity contribution is -0.158. The van der Waals surface area contributed by atoms with Gasteiger partial charge in [-0.05, 0) is 132 Å². The van der Waals surface area contributed by atoms with E-state index >= 15 is 0 Å². The van der Waals surface area contributed by atoms with Crippen molar-refractivity contribution in [3.8, 4) is 17.6 Å². The van der Waals surface area contributed by atoms with Crippen LogP contribution in [0.3, 0.4) is 0 Å². The van der Waals surface area contributed by atoms with Gasteiger partial charge in [-0.1, -0.05) is 132 Å². The second-order valence-electron chi connectivity index (χ2n) is 30.7. The van der Waals surface area contributed by atoms with Crippen molar-refractivity contribution < 1.29 is 109 Å². The molecule has 646 valence electrons. The number of aromatic nitrogens is 3. The third-order valence-corrected chi connectivity index (χ3v) is 21.7. The first-order valence-electron chi connectivity index (χ1n) is 40.8. The molecular formula is C86H129N6O23P. The van der Waals surface area contributed by atoms with Crippen molar-refractivity contribution >= 4 is 40.0 Å². The first-order chi connectivity index (χ1) is 56.5. The maximum Gasteiger partial charge on any atom is 0.308 e. The van der Waals surface area contributed by atoms with E-state index in [0.717, 1.165) is 43.3 Å². The largest absolute Gasteiger partial charge is 0.479 e. The molecule has 30 heteroatoms. The van der Waals surface area contributed by atoms with Crippen LogP contribution in [0, 0.1) is 17.8 Å². The van der Waals surface area contributed by atoms with Crippen LogP contribution in [-0.4, -0.2) is 211 Å².